The number of aryl methyl sites for hydroxylation is 1. The number of hydrogen-bond donors (Lipinski definition) is 1. The van der Waals surface area contributed by atoms with Crippen LogP contribution in [0.2, 0.25) is 0 Å². The molecule has 0 heterocycles. The normalized spacial score (nSPS) is 11.5. The van der Waals surface area contributed by atoms with Crippen molar-refractivity contribution in [2.75, 3.05) is 26.0 Å². The highest BCUT2D eigenvalue weighted by Crippen LogP contribution is 2.16. The average molecular weight is 245 g/mol. The number of carbonyl (C=O) groups is 1. The minimum atomic E-state index is -0.157. The van der Waals surface area contributed by atoms with Crippen LogP contribution in [-0.4, -0.2) is 31.4 Å². The minimum absolute atomic E-state index is 0.0442. The van der Waals surface area contributed by atoms with Crippen molar-refractivity contribution in [1.82, 2.24) is 4.90 Å². The van der Waals surface area contributed by atoms with E-state index in [-0.39, 0.29) is 11.8 Å². The zero-order valence-corrected chi connectivity index (χ0v) is 11.3. The second-order valence-electron chi connectivity index (χ2n) is 4.50. The molecule has 4 nitrogen and oxygen atoms in total. The number of nitrogens with zero attached hydrogens (tertiary/aromatic N) is 2. The van der Waals surface area contributed by atoms with Gasteiger partial charge in [-0.1, -0.05) is 0 Å². The van der Waals surface area contributed by atoms with Crippen LogP contribution in [0.15, 0.2) is 18.2 Å². The lowest BCUT2D eigenvalue weighted by atomic mass is 10.1. The first-order valence-corrected chi connectivity index (χ1v) is 5.93. The van der Waals surface area contributed by atoms with Crippen LogP contribution >= 0.6 is 0 Å². The Balaban J connectivity index is 2.87. The van der Waals surface area contributed by atoms with E-state index in [1.807, 2.05) is 32.2 Å². The summed E-state index contributed by atoms with van der Waals surface area (Å²) in [6.45, 7) is 4.17. The molecule has 1 aromatic carbocycles. The van der Waals surface area contributed by atoms with Crippen molar-refractivity contribution in [1.29, 1.82) is 5.26 Å². The van der Waals surface area contributed by atoms with Crippen LogP contribution < -0.4 is 5.32 Å². The van der Waals surface area contributed by atoms with Crippen molar-refractivity contribution in [3.05, 3.63) is 29.3 Å². The summed E-state index contributed by atoms with van der Waals surface area (Å²) in [6.07, 6.45) is 0. The topological polar surface area (TPSA) is 56.1 Å². The van der Waals surface area contributed by atoms with Crippen molar-refractivity contribution >= 4 is 11.6 Å². The van der Waals surface area contributed by atoms with E-state index in [0.717, 1.165) is 11.3 Å². The molecule has 0 saturated carbocycles. The second-order valence-corrected chi connectivity index (χ2v) is 4.50. The first kappa shape index (κ1) is 14.0. The molecule has 0 bridgehead atoms. The first-order valence-electron chi connectivity index (χ1n) is 5.93. The maximum Gasteiger partial charge on any atom is 0.253 e. The monoisotopic (exact) mass is 245 g/mol. The average Bonchev–Trinajstić information content (AvgIpc) is 2.37. The van der Waals surface area contributed by atoms with Crippen molar-refractivity contribution < 1.29 is 4.79 Å². The van der Waals surface area contributed by atoms with Crippen LogP contribution in [0.25, 0.3) is 0 Å². The van der Waals surface area contributed by atoms with Crippen molar-refractivity contribution in [3.63, 3.8) is 0 Å². The van der Waals surface area contributed by atoms with Crippen LogP contribution in [0.3, 0.4) is 0 Å². The van der Waals surface area contributed by atoms with E-state index < -0.39 is 0 Å². The van der Waals surface area contributed by atoms with Gasteiger partial charge in [0.2, 0.25) is 0 Å². The third kappa shape index (κ3) is 3.24. The molecule has 0 aliphatic carbocycles. The summed E-state index contributed by atoms with van der Waals surface area (Å²) in [5.74, 6) is -0.201. The molecule has 1 aromatic rings. The fourth-order valence-electron chi connectivity index (χ4n) is 1.80. The summed E-state index contributed by atoms with van der Waals surface area (Å²) in [5.41, 5.74) is 2.60. The fraction of sp³-hybridized carbons (Fsp3) is 0.429. The van der Waals surface area contributed by atoms with Crippen LogP contribution in [0.5, 0.6) is 0 Å². The predicted molar refractivity (Wildman–Crippen MR) is 72.5 cm³/mol. The summed E-state index contributed by atoms with van der Waals surface area (Å²) < 4.78 is 0. The number of rotatable bonds is 4. The van der Waals surface area contributed by atoms with E-state index in [0.29, 0.717) is 12.1 Å². The van der Waals surface area contributed by atoms with Gasteiger partial charge in [0.1, 0.15) is 0 Å². The third-order valence-electron chi connectivity index (χ3n) is 2.86. The summed E-state index contributed by atoms with van der Waals surface area (Å²) >= 11 is 0. The van der Waals surface area contributed by atoms with Crippen LogP contribution in [0.4, 0.5) is 5.69 Å². The van der Waals surface area contributed by atoms with Crippen molar-refractivity contribution in [3.8, 4) is 6.07 Å². The Bertz CT molecular complexity index is 476. The molecule has 96 valence electrons. The number of amides is 1. The fourth-order valence-corrected chi connectivity index (χ4v) is 1.80. The number of nitrogens with one attached hydrogen (secondary N) is 1. The van der Waals surface area contributed by atoms with Gasteiger partial charge in [0.15, 0.2) is 0 Å². The molecule has 0 fully saturated rings. The van der Waals surface area contributed by atoms with Crippen LogP contribution in [0, 0.1) is 24.2 Å². The van der Waals surface area contributed by atoms with E-state index in [2.05, 4.69) is 11.4 Å². The Morgan fingerprint density at radius 2 is 2.22 bits per heavy atom. The van der Waals surface area contributed by atoms with E-state index in [9.17, 15) is 4.79 Å². The van der Waals surface area contributed by atoms with Crippen LogP contribution in [-0.2, 0) is 0 Å². The van der Waals surface area contributed by atoms with Gasteiger partial charge in [-0.25, -0.2) is 0 Å². The Hall–Kier alpha value is -2.02. The first-order chi connectivity index (χ1) is 8.49. The van der Waals surface area contributed by atoms with Crippen LogP contribution in [0.1, 0.15) is 22.8 Å². The van der Waals surface area contributed by atoms with E-state index in [1.165, 1.54) is 0 Å². The highest BCUT2D eigenvalue weighted by atomic mass is 16.2. The van der Waals surface area contributed by atoms with Gasteiger partial charge in [0, 0.05) is 31.9 Å². The number of nitriles is 1. The quantitative estimate of drug-likeness (QED) is 0.885. The lowest BCUT2D eigenvalue weighted by Gasteiger charge is -2.19. The molecular weight excluding hydrogens is 226 g/mol. The van der Waals surface area contributed by atoms with Gasteiger partial charge >= 0.3 is 0 Å². The van der Waals surface area contributed by atoms with Gasteiger partial charge in [-0.2, -0.15) is 5.26 Å². The Labute approximate surface area is 108 Å². The Morgan fingerprint density at radius 1 is 1.56 bits per heavy atom. The molecule has 0 aliphatic rings. The molecule has 0 saturated heterocycles. The SMILES string of the molecule is CNc1ccc(C(=O)N(C)CC(C)C#N)c(C)c1. The number of anilines is 1. The van der Waals surface area contributed by atoms with Gasteiger partial charge in [-0.05, 0) is 37.6 Å². The van der Waals surface area contributed by atoms with Gasteiger partial charge < -0.3 is 10.2 Å². The highest BCUT2D eigenvalue weighted by Gasteiger charge is 2.16. The largest absolute Gasteiger partial charge is 0.388 e. The summed E-state index contributed by atoms with van der Waals surface area (Å²) in [7, 11) is 3.57. The maximum atomic E-state index is 12.2. The lowest BCUT2D eigenvalue weighted by Crippen LogP contribution is -2.31. The standard InChI is InChI=1S/C14H19N3O/c1-10(8-15)9-17(4)14(18)13-6-5-12(16-3)7-11(13)2/h5-7,10,16H,9H2,1-4H3. The van der Waals surface area contributed by atoms with Gasteiger partial charge in [-0.3, -0.25) is 4.79 Å². The van der Waals surface area contributed by atoms with E-state index >= 15 is 0 Å². The summed E-state index contributed by atoms with van der Waals surface area (Å²) in [4.78, 5) is 13.8. The maximum absolute atomic E-state index is 12.2. The molecule has 1 unspecified atom stereocenters. The number of hydrogen-bond acceptors (Lipinski definition) is 3. The molecule has 1 rings (SSSR count). The molecule has 0 aliphatic heterocycles. The molecule has 4 heteroatoms. The minimum Gasteiger partial charge on any atom is -0.388 e. The summed E-state index contributed by atoms with van der Waals surface area (Å²) in [6, 6.07) is 7.76. The molecule has 18 heavy (non-hydrogen) atoms. The zero-order chi connectivity index (χ0) is 13.7. The molecule has 1 N–H and O–H groups in total. The molecule has 0 radical (unpaired) electrons. The summed E-state index contributed by atoms with van der Waals surface area (Å²) in [5, 5.41) is 11.8. The predicted octanol–water partition coefficient (Wildman–Crippen LogP) is 2.27. The zero-order valence-electron chi connectivity index (χ0n) is 11.3. The van der Waals surface area contributed by atoms with Gasteiger partial charge in [-0.15, -0.1) is 0 Å². The Morgan fingerprint density at radius 3 is 2.72 bits per heavy atom. The second kappa shape index (κ2) is 6.06. The van der Waals surface area contributed by atoms with Crippen molar-refractivity contribution in [2.45, 2.75) is 13.8 Å². The molecule has 1 atom stereocenters. The molecule has 0 spiro atoms. The van der Waals surface area contributed by atoms with Gasteiger partial charge in [0.25, 0.3) is 5.91 Å². The lowest BCUT2D eigenvalue weighted by molar-refractivity contribution is 0.0784. The highest BCUT2D eigenvalue weighted by molar-refractivity contribution is 5.95. The molecular formula is C14H19N3O. The van der Waals surface area contributed by atoms with Crippen molar-refractivity contribution in [2.24, 2.45) is 5.92 Å². The molecule has 0 aromatic heterocycles. The number of benzene rings is 1. The third-order valence-corrected chi connectivity index (χ3v) is 2.86. The van der Waals surface area contributed by atoms with E-state index in [1.54, 1.807) is 18.9 Å². The molecule has 1 amide bonds. The van der Waals surface area contributed by atoms with E-state index in [4.69, 9.17) is 5.26 Å². The number of carbonyl (C=O) groups excluding carboxylic acids is 1. The van der Waals surface area contributed by atoms with Gasteiger partial charge in [0.05, 0.1) is 12.0 Å². The Kier molecular flexibility index (Phi) is 4.73. The smallest absolute Gasteiger partial charge is 0.253 e.